The SMILES string of the molecule is CCC(C)NC(=NCC(=O)N(C)C)NCCN(C)CCCOC.I. The number of carbonyl (C=O) groups is 1. The second-order valence-electron chi connectivity index (χ2n) is 5.98. The molecule has 0 aromatic heterocycles. The van der Waals surface area contributed by atoms with Gasteiger partial charge in [-0.1, -0.05) is 6.92 Å². The molecule has 2 N–H and O–H groups in total. The fourth-order valence-electron chi connectivity index (χ4n) is 1.73. The summed E-state index contributed by atoms with van der Waals surface area (Å²) >= 11 is 0. The Bertz CT molecular complexity index is 353. The molecule has 1 atom stereocenters. The predicted molar refractivity (Wildman–Crippen MR) is 111 cm³/mol. The molecule has 8 heteroatoms. The number of guanidine groups is 1. The van der Waals surface area contributed by atoms with Gasteiger partial charge in [0.25, 0.3) is 0 Å². The van der Waals surface area contributed by atoms with Crippen molar-refractivity contribution in [3.05, 3.63) is 0 Å². The molecule has 144 valence electrons. The third kappa shape index (κ3) is 13.8. The molecule has 0 bridgehead atoms. The Morgan fingerprint density at radius 3 is 2.46 bits per heavy atom. The summed E-state index contributed by atoms with van der Waals surface area (Å²) in [6.07, 6.45) is 2.02. The molecule has 0 heterocycles. The normalized spacial score (nSPS) is 12.5. The van der Waals surface area contributed by atoms with Crippen LogP contribution in [0.5, 0.6) is 0 Å². The molecule has 0 saturated heterocycles. The highest BCUT2D eigenvalue weighted by Crippen LogP contribution is 1.90. The van der Waals surface area contributed by atoms with Crippen LogP contribution in [0, 0.1) is 0 Å². The zero-order valence-corrected chi connectivity index (χ0v) is 18.4. The van der Waals surface area contributed by atoms with Gasteiger partial charge in [-0.05, 0) is 26.8 Å². The van der Waals surface area contributed by atoms with E-state index < -0.39 is 0 Å². The lowest BCUT2D eigenvalue weighted by atomic mass is 10.3. The van der Waals surface area contributed by atoms with Gasteiger partial charge in [-0.2, -0.15) is 0 Å². The number of methoxy groups -OCH3 is 1. The van der Waals surface area contributed by atoms with E-state index >= 15 is 0 Å². The van der Waals surface area contributed by atoms with Crippen molar-refractivity contribution in [1.82, 2.24) is 20.4 Å². The molecule has 1 unspecified atom stereocenters. The van der Waals surface area contributed by atoms with Crippen LogP contribution in [0.1, 0.15) is 26.7 Å². The number of nitrogens with zero attached hydrogens (tertiary/aromatic N) is 3. The first-order valence-corrected chi connectivity index (χ1v) is 8.33. The van der Waals surface area contributed by atoms with Crippen LogP contribution in [0.15, 0.2) is 4.99 Å². The van der Waals surface area contributed by atoms with Crippen molar-refractivity contribution in [2.75, 3.05) is 61.0 Å². The van der Waals surface area contributed by atoms with Crippen LogP contribution >= 0.6 is 24.0 Å². The molecule has 1 amide bonds. The van der Waals surface area contributed by atoms with Crippen molar-refractivity contribution in [3.63, 3.8) is 0 Å². The molecule has 0 radical (unpaired) electrons. The highest BCUT2D eigenvalue weighted by Gasteiger charge is 2.07. The number of amides is 1. The van der Waals surface area contributed by atoms with Crippen LogP contribution in [0.4, 0.5) is 0 Å². The van der Waals surface area contributed by atoms with E-state index in [0.29, 0.717) is 12.0 Å². The molecule has 0 saturated carbocycles. The summed E-state index contributed by atoms with van der Waals surface area (Å²) in [5.74, 6) is 0.687. The van der Waals surface area contributed by atoms with E-state index in [1.807, 2.05) is 0 Å². The molecule has 0 spiro atoms. The number of nitrogens with one attached hydrogen (secondary N) is 2. The predicted octanol–water partition coefficient (Wildman–Crippen LogP) is 0.995. The van der Waals surface area contributed by atoms with Crippen LogP contribution in [0.2, 0.25) is 0 Å². The average molecular weight is 457 g/mol. The van der Waals surface area contributed by atoms with Crippen molar-refractivity contribution in [3.8, 4) is 0 Å². The minimum atomic E-state index is -0.00747. The highest BCUT2D eigenvalue weighted by atomic mass is 127. The van der Waals surface area contributed by atoms with E-state index in [4.69, 9.17) is 4.74 Å². The average Bonchev–Trinajstić information content (AvgIpc) is 2.51. The summed E-state index contributed by atoms with van der Waals surface area (Å²) in [6, 6.07) is 0.315. The van der Waals surface area contributed by atoms with Gasteiger partial charge in [-0.25, -0.2) is 4.99 Å². The van der Waals surface area contributed by atoms with Gasteiger partial charge in [0.1, 0.15) is 6.54 Å². The lowest BCUT2D eigenvalue weighted by Gasteiger charge is -2.20. The first-order valence-electron chi connectivity index (χ1n) is 8.33. The van der Waals surface area contributed by atoms with Crippen molar-refractivity contribution < 1.29 is 9.53 Å². The number of rotatable bonds is 11. The van der Waals surface area contributed by atoms with Gasteiger partial charge in [-0.15, -0.1) is 24.0 Å². The van der Waals surface area contributed by atoms with Gasteiger partial charge in [0.2, 0.25) is 5.91 Å². The van der Waals surface area contributed by atoms with Crippen molar-refractivity contribution in [2.45, 2.75) is 32.7 Å². The van der Waals surface area contributed by atoms with Gasteiger partial charge >= 0.3 is 0 Å². The maximum Gasteiger partial charge on any atom is 0.243 e. The lowest BCUT2D eigenvalue weighted by molar-refractivity contribution is -0.127. The molecule has 0 fully saturated rings. The van der Waals surface area contributed by atoms with Crippen LogP contribution in [-0.2, 0) is 9.53 Å². The molecule has 0 aliphatic heterocycles. The monoisotopic (exact) mass is 457 g/mol. The van der Waals surface area contributed by atoms with Gasteiger partial charge in [0, 0.05) is 53.5 Å². The van der Waals surface area contributed by atoms with Crippen molar-refractivity contribution in [2.24, 2.45) is 4.99 Å². The minimum Gasteiger partial charge on any atom is -0.385 e. The molecular formula is C16H36IN5O2. The topological polar surface area (TPSA) is 69.2 Å². The van der Waals surface area contributed by atoms with E-state index in [9.17, 15) is 4.79 Å². The molecule has 0 aliphatic carbocycles. The Balaban J connectivity index is 0. The number of carbonyl (C=O) groups excluding carboxylic acids is 1. The molecule has 0 aliphatic rings. The van der Waals surface area contributed by atoms with E-state index in [2.05, 4.69) is 41.4 Å². The van der Waals surface area contributed by atoms with Gasteiger partial charge in [0.05, 0.1) is 0 Å². The summed E-state index contributed by atoms with van der Waals surface area (Å²) in [4.78, 5) is 19.8. The summed E-state index contributed by atoms with van der Waals surface area (Å²) < 4.78 is 5.06. The number of hydrogen-bond acceptors (Lipinski definition) is 4. The minimum absolute atomic E-state index is 0. The number of ether oxygens (including phenoxy) is 1. The maximum atomic E-state index is 11.7. The van der Waals surface area contributed by atoms with Gasteiger partial charge in [0.15, 0.2) is 5.96 Å². The fourth-order valence-corrected chi connectivity index (χ4v) is 1.73. The quantitative estimate of drug-likeness (QED) is 0.210. The standard InChI is InChI=1S/C16H35N5O2.HI/c1-7-14(2)19-16(18-13-15(22)20(3)4)17-9-11-21(5)10-8-12-23-6;/h14H,7-13H2,1-6H3,(H2,17,18,19);1H. The Hall–Kier alpha value is -0.610. The molecule has 24 heavy (non-hydrogen) atoms. The number of halogens is 1. The highest BCUT2D eigenvalue weighted by molar-refractivity contribution is 14.0. The number of hydrogen-bond donors (Lipinski definition) is 2. The van der Waals surface area contributed by atoms with Crippen LogP contribution in [-0.4, -0.2) is 88.7 Å². The van der Waals surface area contributed by atoms with Gasteiger partial charge in [-0.3, -0.25) is 4.79 Å². The van der Waals surface area contributed by atoms with Crippen molar-refractivity contribution >= 4 is 35.8 Å². The summed E-state index contributed by atoms with van der Waals surface area (Å²) in [5.41, 5.74) is 0. The number of likely N-dealkylation sites (N-methyl/N-ethyl adjacent to an activating group) is 2. The third-order valence-electron chi connectivity index (χ3n) is 3.54. The van der Waals surface area contributed by atoms with Gasteiger partial charge < -0.3 is 25.2 Å². The summed E-state index contributed by atoms with van der Waals surface area (Å²) in [5, 5.41) is 6.61. The Kier molecular flexibility index (Phi) is 17.0. The lowest BCUT2D eigenvalue weighted by Crippen LogP contribution is -2.45. The molecular weight excluding hydrogens is 421 g/mol. The zero-order valence-electron chi connectivity index (χ0n) is 16.1. The fraction of sp³-hybridized carbons (Fsp3) is 0.875. The smallest absolute Gasteiger partial charge is 0.243 e. The number of aliphatic imine (C=N–C) groups is 1. The molecule has 0 aromatic carbocycles. The first kappa shape index (κ1) is 25.6. The second kappa shape index (κ2) is 15.9. The van der Waals surface area contributed by atoms with E-state index in [0.717, 1.165) is 39.1 Å². The molecule has 7 nitrogen and oxygen atoms in total. The van der Waals surface area contributed by atoms with Crippen molar-refractivity contribution in [1.29, 1.82) is 0 Å². The van der Waals surface area contributed by atoms with E-state index in [1.54, 1.807) is 26.1 Å². The second-order valence-corrected chi connectivity index (χ2v) is 5.98. The van der Waals surface area contributed by atoms with E-state index in [-0.39, 0.29) is 36.4 Å². The van der Waals surface area contributed by atoms with Crippen LogP contribution in [0.25, 0.3) is 0 Å². The summed E-state index contributed by atoms with van der Waals surface area (Å²) in [6.45, 7) is 7.84. The first-order chi connectivity index (χ1) is 10.9. The van der Waals surface area contributed by atoms with Crippen LogP contribution in [0.3, 0.4) is 0 Å². The Labute approximate surface area is 164 Å². The zero-order chi connectivity index (χ0) is 17.7. The van der Waals surface area contributed by atoms with Crippen LogP contribution < -0.4 is 10.6 Å². The summed E-state index contributed by atoms with van der Waals surface area (Å²) in [7, 11) is 7.29. The molecule has 0 aromatic rings. The molecule has 0 rings (SSSR count). The Morgan fingerprint density at radius 1 is 1.25 bits per heavy atom. The maximum absolute atomic E-state index is 11.7. The largest absolute Gasteiger partial charge is 0.385 e. The van der Waals surface area contributed by atoms with E-state index in [1.165, 1.54) is 0 Å². The Morgan fingerprint density at radius 2 is 1.92 bits per heavy atom. The third-order valence-corrected chi connectivity index (χ3v) is 3.54.